The summed E-state index contributed by atoms with van der Waals surface area (Å²) in [7, 11) is 2.12. The quantitative estimate of drug-likeness (QED) is 0.279. The minimum absolute atomic E-state index is 0.0496. The van der Waals surface area contributed by atoms with Gasteiger partial charge in [0.2, 0.25) is 0 Å². The Morgan fingerprint density at radius 3 is 2.63 bits per heavy atom. The number of carbonyl (C=O) groups is 3. The first-order chi connectivity index (χ1) is 22.4. The van der Waals surface area contributed by atoms with Gasteiger partial charge in [-0.15, -0.1) is 0 Å². The molecule has 0 saturated carbocycles. The van der Waals surface area contributed by atoms with Crippen molar-refractivity contribution in [3.8, 4) is 12.1 Å². The van der Waals surface area contributed by atoms with E-state index in [-0.39, 0.29) is 12.2 Å². The third kappa shape index (κ3) is 6.94. The van der Waals surface area contributed by atoms with E-state index in [1.54, 1.807) is 4.90 Å². The number of primary amides is 1. The lowest BCUT2D eigenvalue weighted by molar-refractivity contribution is -0.123. The Kier molecular flexibility index (Phi) is 10.4. The molecule has 240 valence electrons. The third-order valence-electron chi connectivity index (χ3n) is 9.19. The van der Waals surface area contributed by atoms with Crippen molar-refractivity contribution in [1.29, 1.82) is 5.26 Å². The van der Waals surface area contributed by atoms with Gasteiger partial charge in [-0.2, -0.15) is 15.2 Å². The predicted molar refractivity (Wildman–Crippen MR) is 172 cm³/mol. The molecule has 2 fully saturated rings. The van der Waals surface area contributed by atoms with Gasteiger partial charge in [0.1, 0.15) is 30.4 Å². The second kappa shape index (κ2) is 14.8. The second-order valence-corrected chi connectivity index (χ2v) is 11.8. The topological polar surface area (TPSA) is 166 Å². The molecule has 0 spiro atoms. The molecule has 3 aliphatic rings. The molecule has 6 rings (SSSR count). The van der Waals surface area contributed by atoms with Gasteiger partial charge in [-0.25, -0.2) is 0 Å². The average molecular weight is 626 g/mol. The van der Waals surface area contributed by atoms with E-state index in [9.17, 15) is 14.9 Å². The molecular weight excluding hydrogens is 586 g/mol. The fraction of sp³-hybridized carbons (Fsp3) is 0.412. The molecule has 3 heterocycles. The summed E-state index contributed by atoms with van der Waals surface area (Å²) in [4.78, 5) is 47.5. The summed E-state index contributed by atoms with van der Waals surface area (Å²) < 4.78 is 6.27. The fourth-order valence-electron chi connectivity index (χ4n) is 6.89. The summed E-state index contributed by atoms with van der Waals surface area (Å²) in [5, 5.41) is 19.4. The summed E-state index contributed by atoms with van der Waals surface area (Å²) in [5.74, 6) is 0.369. The van der Waals surface area contributed by atoms with E-state index in [4.69, 9.17) is 30.3 Å². The van der Waals surface area contributed by atoms with Gasteiger partial charge in [0.05, 0.1) is 18.3 Å². The molecule has 2 aromatic carbocycles. The van der Waals surface area contributed by atoms with E-state index in [1.165, 1.54) is 16.3 Å². The Bertz CT molecular complexity index is 1650. The highest BCUT2D eigenvalue weighted by Gasteiger charge is 2.34. The summed E-state index contributed by atoms with van der Waals surface area (Å²) in [6.45, 7) is 2.49. The number of fused-ring (bicyclic) bond motifs is 2. The number of aromatic nitrogens is 2. The Hall–Kier alpha value is -5.02. The van der Waals surface area contributed by atoms with Crippen molar-refractivity contribution < 1.29 is 24.2 Å². The summed E-state index contributed by atoms with van der Waals surface area (Å²) >= 11 is 0. The minimum Gasteiger partial charge on any atom is -0.483 e. The van der Waals surface area contributed by atoms with Crippen LogP contribution in [0.1, 0.15) is 42.0 Å². The van der Waals surface area contributed by atoms with Gasteiger partial charge in [0.15, 0.2) is 0 Å². The Balaban J connectivity index is 0.00000134. The van der Waals surface area contributed by atoms with Crippen LogP contribution in [0.25, 0.3) is 10.8 Å². The lowest BCUT2D eigenvalue weighted by Gasteiger charge is -2.41. The number of allylic oxidation sites excluding steroid dienone is 1. The van der Waals surface area contributed by atoms with Crippen molar-refractivity contribution in [1.82, 2.24) is 19.8 Å². The number of likely N-dealkylation sites (tertiary alicyclic amines) is 1. The van der Waals surface area contributed by atoms with E-state index in [2.05, 4.69) is 65.4 Å². The molecule has 2 saturated heterocycles. The number of anilines is 1. The second-order valence-electron chi connectivity index (χ2n) is 11.8. The van der Waals surface area contributed by atoms with Gasteiger partial charge in [0.25, 0.3) is 12.4 Å². The van der Waals surface area contributed by atoms with Crippen LogP contribution in [-0.2, 0) is 27.2 Å². The van der Waals surface area contributed by atoms with Gasteiger partial charge >= 0.3 is 6.01 Å². The normalized spacial score (nSPS) is 21.5. The van der Waals surface area contributed by atoms with Gasteiger partial charge in [-0.1, -0.05) is 42.5 Å². The minimum atomic E-state index is -0.729. The zero-order chi connectivity index (χ0) is 32.6. The third-order valence-corrected chi connectivity index (χ3v) is 9.19. The first kappa shape index (κ1) is 32.4. The SMILES string of the molecule is CN1CCC[C@H]1COc1nc2c(c(N3CCN(C(=CC=O)C(N)=O)[C@H](C#N)C3)n1)CC[C@H](c1cccc3ccccc13)C2.O=CO. The highest BCUT2D eigenvalue weighted by atomic mass is 16.5. The van der Waals surface area contributed by atoms with Crippen molar-refractivity contribution in [2.24, 2.45) is 5.73 Å². The smallest absolute Gasteiger partial charge is 0.318 e. The highest BCUT2D eigenvalue weighted by Crippen LogP contribution is 2.39. The molecule has 2 aliphatic heterocycles. The van der Waals surface area contributed by atoms with Crippen molar-refractivity contribution >= 4 is 35.3 Å². The maximum absolute atomic E-state index is 12.1. The van der Waals surface area contributed by atoms with E-state index >= 15 is 0 Å². The monoisotopic (exact) mass is 625 g/mol. The fourth-order valence-corrected chi connectivity index (χ4v) is 6.89. The number of aldehydes is 1. The van der Waals surface area contributed by atoms with Crippen LogP contribution in [0.2, 0.25) is 0 Å². The molecule has 0 unspecified atom stereocenters. The number of nitrogens with two attached hydrogens (primary N) is 1. The molecule has 1 aliphatic carbocycles. The molecule has 1 amide bonds. The van der Waals surface area contributed by atoms with Gasteiger partial charge in [-0.05, 0) is 68.0 Å². The Morgan fingerprint density at radius 1 is 1.13 bits per heavy atom. The summed E-state index contributed by atoms with van der Waals surface area (Å²) in [5.41, 5.74) is 9.00. The Morgan fingerprint density at radius 2 is 1.91 bits per heavy atom. The number of carbonyl (C=O) groups excluding carboxylic acids is 2. The zero-order valence-electron chi connectivity index (χ0n) is 25.9. The number of hydrogen-bond donors (Lipinski definition) is 2. The summed E-state index contributed by atoms with van der Waals surface area (Å²) in [6.07, 6.45) is 6.43. The van der Waals surface area contributed by atoms with Crippen LogP contribution in [0.3, 0.4) is 0 Å². The van der Waals surface area contributed by atoms with Crippen LogP contribution in [0, 0.1) is 11.3 Å². The number of rotatable bonds is 8. The molecule has 12 nitrogen and oxygen atoms in total. The van der Waals surface area contributed by atoms with E-state index in [0.29, 0.717) is 50.5 Å². The number of carboxylic acid groups (broad SMARTS) is 1. The van der Waals surface area contributed by atoms with E-state index < -0.39 is 11.9 Å². The molecule has 0 bridgehead atoms. The molecular formula is C34H39N7O5. The van der Waals surface area contributed by atoms with E-state index in [1.807, 2.05) is 0 Å². The number of nitriles is 1. The van der Waals surface area contributed by atoms with Crippen molar-refractivity contribution in [3.63, 3.8) is 0 Å². The number of benzene rings is 2. The van der Waals surface area contributed by atoms with Crippen LogP contribution < -0.4 is 15.4 Å². The molecule has 3 atom stereocenters. The van der Waals surface area contributed by atoms with Gasteiger partial charge < -0.3 is 30.3 Å². The van der Waals surface area contributed by atoms with Crippen molar-refractivity contribution in [2.45, 2.75) is 50.1 Å². The molecule has 3 N–H and O–H groups in total. The molecule has 46 heavy (non-hydrogen) atoms. The van der Waals surface area contributed by atoms with Crippen molar-refractivity contribution in [2.75, 3.05) is 44.7 Å². The maximum atomic E-state index is 12.1. The van der Waals surface area contributed by atoms with Gasteiger partial charge in [0, 0.05) is 30.8 Å². The number of likely N-dealkylation sites (N-methyl/N-ethyl adjacent to an activating group) is 1. The molecule has 1 aromatic heterocycles. The zero-order valence-corrected chi connectivity index (χ0v) is 25.9. The van der Waals surface area contributed by atoms with Crippen LogP contribution in [0.15, 0.2) is 54.2 Å². The number of piperazine rings is 1. The molecule has 12 heteroatoms. The maximum Gasteiger partial charge on any atom is 0.318 e. The largest absolute Gasteiger partial charge is 0.483 e. The Labute approximate surface area is 268 Å². The predicted octanol–water partition coefficient (Wildman–Crippen LogP) is 2.66. The lowest BCUT2D eigenvalue weighted by atomic mass is 9.80. The standard InChI is InChI=1S/C33H37N7O3.CH2O2/c1-38-14-5-8-24(38)21-43-33-36-29-18-23(27-10-4-7-22-6-2-3-9-26(22)27)11-12-28(29)32(37-33)39-15-16-40(25(19-34)20-39)30(13-17-41)31(35)42;2-1-3/h2-4,6-7,9-10,13,17,23-25H,5,8,11-12,14-16,18,20-21H2,1H3,(H2,35,42);1H,(H,2,3)/t23-,24-,25+;/m0./s1. The number of amides is 1. The highest BCUT2D eigenvalue weighted by molar-refractivity contribution is 5.95. The number of ether oxygens (including phenoxy) is 1. The van der Waals surface area contributed by atoms with Gasteiger partial charge in [-0.3, -0.25) is 14.4 Å². The van der Waals surface area contributed by atoms with E-state index in [0.717, 1.165) is 61.8 Å². The number of hydrogen-bond acceptors (Lipinski definition) is 10. The molecule has 3 aromatic rings. The average Bonchev–Trinajstić information content (AvgIpc) is 3.49. The first-order valence-corrected chi connectivity index (χ1v) is 15.5. The van der Waals surface area contributed by atoms with Crippen LogP contribution in [0.5, 0.6) is 6.01 Å². The van der Waals surface area contributed by atoms with Crippen LogP contribution >= 0.6 is 0 Å². The molecule has 0 radical (unpaired) electrons. The van der Waals surface area contributed by atoms with Crippen molar-refractivity contribution in [3.05, 3.63) is 71.1 Å². The van der Waals surface area contributed by atoms with Crippen LogP contribution in [0.4, 0.5) is 5.82 Å². The number of nitrogens with zero attached hydrogens (tertiary/aromatic N) is 6. The first-order valence-electron chi connectivity index (χ1n) is 15.5. The lowest BCUT2D eigenvalue weighted by Crippen LogP contribution is -2.54. The van der Waals surface area contributed by atoms with Crippen LogP contribution in [-0.4, -0.2) is 95.5 Å². The summed E-state index contributed by atoms with van der Waals surface area (Å²) in [6, 6.07) is 17.3.